The van der Waals surface area contributed by atoms with Crippen LogP contribution in [0.3, 0.4) is 0 Å². The second kappa shape index (κ2) is 12.3. The molecular weight excluding hydrogens is 537 g/mol. The van der Waals surface area contributed by atoms with E-state index in [1.54, 1.807) is 49.0 Å². The van der Waals surface area contributed by atoms with E-state index in [-0.39, 0.29) is 23.8 Å². The van der Waals surface area contributed by atoms with Crippen molar-refractivity contribution in [2.75, 3.05) is 18.7 Å². The van der Waals surface area contributed by atoms with E-state index in [1.807, 2.05) is 13.8 Å². The van der Waals surface area contributed by atoms with Gasteiger partial charge in [0.15, 0.2) is 11.5 Å². The van der Waals surface area contributed by atoms with Crippen LogP contribution in [0.15, 0.2) is 36.9 Å². The lowest BCUT2D eigenvalue weighted by atomic mass is 10.1. The molecule has 0 saturated heterocycles. The van der Waals surface area contributed by atoms with Gasteiger partial charge in [-0.1, -0.05) is 42.9 Å². The largest absolute Gasteiger partial charge is 0.464 e. The molecule has 37 heavy (non-hydrogen) atoms. The van der Waals surface area contributed by atoms with Crippen LogP contribution >= 0.6 is 31.3 Å². The molecule has 3 rings (SSSR count). The fourth-order valence-electron chi connectivity index (χ4n) is 3.39. The number of fused-ring (bicyclic) bond motifs is 1. The summed E-state index contributed by atoms with van der Waals surface area (Å²) >= 11 is 11.5. The highest BCUT2D eigenvalue weighted by atomic mass is 35.5. The van der Waals surface area contributed by atoms with Gasteiger partial charge in [0.25, 0.3) is 7.44 Å². The minimum atomic E-state index is -3.63. The summed E-state index contributed by atoms with van der Waals surface area (Å²) in [5.74, 6) is -0.257. The quantitative estimate of drug-likeness (QED) is 0.166. The van der Waals surface area contributed by atoms with Crippen molar-refractivity contribution >= 4 is 59.2 Å². The minimum absolute atomic E-state index is 0.217. The van der Waals surface area contributed by atoms with Crippen LogP contribution in [0.4, 0.5) is 5.82 Å². The number of nitrogens with one attached hydrogen (secondary N) is 2. The number of esters is 1. The summed E-state index contributed by atoms with van der Waals surface area (Å²) in [4.78, 5) is 25.3. The Balaban J connectivity index is 1.76. The number of thiocarbonyl (C=S) groups is 1. The molecule has 2 aromatic heterocycles. The number of nitrogens with two attached hydrogens (primary N) is 1. The lowest BCUT2D eigenvalue weighted by Gasteiger charge is -2.31. The SMILES string of the molecule is CCCOC(=O)C(C)(C)NP(=O)(CO[C@H](C)Cn1cnc2c(N)ncnc21)NC(=S)c1ccc(Cl)cc1. The molecule has 2 atom stereocenters. The molecule has 11 nitrogen and oxygen atoms in total. The predicted molar refractivity (Wildman–Crippen MR) is 148 cm³/mol. The summed E-state index contributed by atoms with van der Waals surface area (Å²) < 4.78 is 27.1. The number of halogens is 1. The van der Waals surface area contributed by atoms with E-state index < -0.39 is 25.1 Å². The van der Waals surface area contributed by atoms with E-state index in [0.29, 0.717) is 34.7 Å². The number of anilines is 1. The van der Waals surface area contributed by atoms with Gasteiger partial charge in [0.2, 0.25) is 0 Å². The Bertz CT molecular complexity index is 1300. The number of ether oxygens (including phenoxy) is 2. The first kappa shape index (κ1) is 28.9. The Hall–Kier alpha value is -2.63. The highest BCUT2D eigenvalue weighted by Crippen LogP contribution is 2.40. The van der Waals surface area contributed by atoms with Gasteiger partial charge in [-0.3, -0.25) is 9.36 Å². The number of imidazole rings is 1. The van der Waals surface area contributed by atoms with E-state index in [9.17, 15) is 9.36 Å². The molecule has 4 N–H and O–H groups in total. The molecule has 1 aromatic carbocycles. The summed E-state index contributed by atoms with van der Waals surface area (Å²) in [5, 5.41) is 6.35. The number of hydrogen-bond donors (Lipinski definition) is 3. The van der Waals surface area contributed by atoms with Gasteiger partial charge in [-0.05, 0) is 39.3 Å². The normalized spacial score (nSPS) is 14.2. The van der Waals surface area contributed by atoms with Gasteiger partial charge in [0, 0.05) is 10.6 Å². The van der Waals surface area contributed by atoms with Crippen LogP contribution in [0, 0.1) is 0 Å². The van der Waals surface area contributed by atoms with Crippen LogP contribution in [0.1, 0.15) is 39.7 Å². The van der Waals surface area contributed by atoms with Gasteiger partial charge in [-0.25, -0.2) is 20.0 Å². The zero-order valence-corrected chi connectivity index (χ0v) is 23.6. The number of carbonyl (C=O) groups excluding carboxylic acids is 1. The highest BCUT2D eigenvalue weighted by Gasteiger charge is 2.38. The molecule has 0 saturated carbocycles. The van der Waals surface area contributed by atoms with Crippen LogP contribution in [-0.2, 0) is 25.4 Å². The molecular formula is C23H31ClN7O4PS. The van der Waals surface area contributed by atoms with Gasteiger partial charge < -0.3 is 24.9 Å². The smallest absolute Gasteiger partial charge is 0.326 e. The van der Waals surface area contributed by atoms with E-state index in [0.717, 1.165) is 0 Å². The fourth-order valence-corrected chi connectivity index (χ4v) is 6.19. The molecule has 3 aromatic rings. The molecule has 0 aliphatic rings. The Morgan fingerprint density at radius 3 is 2.65 bits per heavy atom. The van der Waals surface area contributed by atoms with Crippen LogP contribution in [0.2, 0.25) is 5.02 Å². The molecule has 2 heterocycles. The molecule has 1 unspecified atom stereocenters. The zero-order valence-electron chi connectivity index (χ0n) is 21.1. The van der Waals surface area contributed by atoms with Crippen LogP contribution < -0.4 is 15.9 Å². The molecule has 14 heteroatoms. The number of nitrogens with zero attached hydrogens (tertiary/aromatic N) is 4. The van der Waals surface area contributed by atoms with Crippen molar-refractivity contribution in [1.29, 1.82) is 0 Å². The first-order valence-corrected chi connectivity index (χ1v) is 14.3. The maximum absolute atomic E-state index is 14.1. The van der Waals surface area contributed by atoms with Crippen molar-refractivity contribution in [2.24, 2.45) is 0 Å². The Morgan fingerprint density at radius 2 is 1.97 bits per heavy atom. The number of aromatic nitrogens is 4. The average molecular weight is 568 g/mol. The maximum Gasteiger partial charge on any atom is 0.326 e. The Labute approximate surface area is 226 Å². The van der Waals surface area contributed by atoms with Crippen molar-refractivity contribution in [3.05, 3.63) is 47.5 Å². The van der Waals surface area contributed by atoms with Crippen molar-refractivity contribution in [2.45, 2.75) is 52.3 Å². The first-order valence-electron chi connectivity index (χ1n) is 11.6. The van der Waals surface area contributed by atoms with E-state index in [4.69, 9.17) is 39.0 Å². The standard InChI is InChI=1S/C23H31ClN7O4PS/c1-5-10-34-22(32)23(3,4)30-36(33,29-21(37)16-6-8-17(24)9-7-16)14-35-15(2)11-31-13-28-18-19(25)26-12-27-20(18)31/h6-9,12-13,15H,5,10-11,14H2,1-4H3,(H2,25,26,27)(H2,29,30,33,37)/t15-,36?/m1/s1. The third kappa shape index (κ3) is 7.68. The summed E-state index contributed by atoms with van der Waals surface area (Å²) in [5.41, 5.74) is 6.25. The van der Waals surface area contributed by atoms with Crippen molar-refractivity contribution in [3.63, 3.8) is 0 Å². The number of benzene rings is 1. The fraction of sp³-hybridized carbons (Fsp3) is 0.435. The lowest BCUT2D eigenvalue weighted by Crippen LogP contribution is -2.49. The molecule has 0 aliphatic carbocycles. The average Bonchev–Trinajstić information content (AvgIpc) is 3.25. The van der Waals surface area contributed by atoms with Crippen molar-refractivity contribution in [3.8, 4) is 0 Å². The van der Waals surface area contributed by atoms with Gasteiger partial charge in [-0.2, -0.15) is 0 Å². The minimum Gasteiger partial charge on any atom is -0.464 e. The molecule has 200 valence electrons. The topological polar surface area (TPSA) is 146 Å². The third-order valence-electron chi connectivity index (χ3n) is 5.22. The molecule has 0 spiro atoms. The highest BCUT2D eigenvalue weighted by molar-refractivity contribution is 7.81. The van der Waals surface area contributed by atoms with Gasteiger partial charge >= 0.3 is 5.97 Å². The van der Waals surface area contributed by atoms with Crippen molar-refractivity contribution in [1.82, 2.24) is 29.7 Å². The van der Waals surface area contributed by atoms with Gasteiger partial charge in [-0.15, -0.1) is 0 Å². The second-order valence-electron chi connectivity index (χ2n) is 8.99. The Kier molecular flexibility index (Phi) is 9.60. The molecule has 0 fully saturated rings. The monoisotopic (exact) mass is 567 g/mol. The van der Waals surface area contributed by atoms with Gasteiger partial charge in [0.05, 0.1) is 25.6 Å². The summed E-state index contributed by atoms with van der Waals surface area (Å²) in [6.07, 6.45) is 2.94. The molecule has 0 aliphatic heterocycles. The van der Waals surface area contributed by atoms with E-state index in [2.05, 4.69) is 25.1 Å². The number of rotatable bonds is 12. The van der Waals surface area contributed by atoms with Crippen LogP contribution in [-0.4, -0.2) is 55.1 Å². The predicted octanol–water partition coefficient (Wildman–Crippen LogP) is 3.90. The Morgan fingerprint density at radius 1 is 1.27 bits per heavy atom. The zero-order chi connectivity index (χ0) is 27.2. The van der Waals surface area contributed by atoms with Crippen molar-refractivity contribution < 1.29 is 18.8 Å². The molecule has 0 amide bonds. The molecule has 0 radical (unpaired) electrons. The summed E-state index contributed by atoms with van der Waals surface area (Å²) in [7, 11) is -3.63. The number of nitrogen functional groups attached to an aromatic ring is 1. The maximum atomic E-state index is 14.1. The molecule has 0 bridgehead atoms. The first-order chi connectivity index (χ1) is 17.4. The summed E-state index contributed by atoms with van der Waals surface area (Å²) in [6, 6.07) is 6.78. The lowest BCUT2D eigenvalue weighted by molar-refractivity contribution is -0.149. The van der Waals surface area contributed by atoms with Crippen LogP contribution in [0.25, 0.3) is 11.2 Å². The number of carbonyl (C=O) groups is 1. The number of hydrogen-bond acceptors (Lipinski definition) is 9. The summed E-state index contributed by atoms with van der Waals surface area (Å²) in [6.45, 7) is 7.51. The van der Waals surface area contributed by atoms with Crippen LogP contribution in [0.5, 0.6) is 0 Å². The van der Waals surface area contributed by atoms with Gasteiger partial charge in [0.1, 0.15) is 28.7 Å². The third-order valence-corrected chi connectivity index (χ3v) is 7.98. The second-order valence-corrected chi connectivity index (χ2v) is 12.0. The van der Waals surface area contributed by atoms with E-state index in [1.165, 1.54) is 6.33 Å². The van der Waals surface area contributed by atoms with E-state index >= 15 is 0 Å².